The second kappa shape index (κ2) is 6.37. The van der Waals surface area contributed by atoms with E-state index >= 15 is 0 Å². The third-order valence-electron chi connectivity index (χ3n) is 4.84. The van der Waals surface area contributed by atoms with Crippen molar-refractivity contribution in [1.29, 1.82) is 0 Å². The number of carbonyl (C=O) groups excluding carboxylic acids is 1. The number of aryl methyl sites for hydroxylation is 2. The molecule has 1 amide bonds. The van der Waals surface area contributed by atoms with Crippen LogP contribution in [0, 0.1) is 13.8 Å². The molecule has 1 aliphatic heterocycles. The topological polar surface area (TPSA) is 101 Å². The molecule has 24 heavy (non-hydrogen) atoms. The number of nitrogens with one attached hydrogen (secondary N) is 3. The van der Waals surface area contributed by atoms with Crippen molar-refractivity contribution in [1.82, 2.24) is 25.2 Å². The highest BCUT2D eigenvalue weighted by Crippen LogP contribution is 2.23. The van der Waals surface area contributed by atoms with Gasteiger partial charge in [0.25, 0.3) is 11.5 Å². The zero-order chi connectivity index (χ0) is 17.3. The summed E-state index contributed by atoms with van der Waals surface area (Å²) in [7, 11) is 1.58. The number of hydrogen-bond acceptors (Lipinski definition) is 5. The molecular formula is C16H23N5O3. The predicted molar refractivity (Wildman–Crippen MR) is 89.0 cm³/mol. The minimum absolute atomic E-state index is 0.105. The molecule has 0 spiro atoms. The van der Waals surface area contributed by atoms with Crippen molar-refractivity contribution in [3.8, 4) is 0 Å². The number of carbonyl (C=O) groups is 1. The van der Waals surface area contributed by atoms with Gasteiger partial charge in [0.05, 0.1) is 0 Å². The summed E-state index contributed by atoms with van der Waals surface area (Å²) in [6, 6.07) is 1.46. The summed E-state index contributed by atoms with van der Waals surface area (Å²) in [6.07, 6.45) is 1.30. The maximum atomic E-state index is 12.7. The summed E-state index contributed by atoms with van der Waals surface area (Å²) in [5.41, 5.74) is 2.16. The first-order valence-electron chi connectivity index (χ1n) is 8.09. The number of hydrogen-bond donors (Lipinski definition) is 3. The number of aromatic nitrogens is 3. The smallest absolute Gasteiger partial charge is 0.266 e. The standard InChI is InChI=1S/C16H23N5O3/c1-10-12(11(2)21-13(19-10)8-14(22)20-21)9-18-15(23)16(24-3)4-6-17-7-5-16/h8,17H,4-7,9H2,1-3H3,(H,18,23)(H,20,22). The molecule has 130 valence electrons. The van der Waals surface area contributed by atoms with Crippen LogP contribution in [0.4, 0.5) is 0 Å². The Labute approximate surface area is 139 Å². The fourth-order valence-corrected chi connectivity index (χ4v) is 3.30. The second-order valence-corrected chi connectivity index (χ2v) is 6.21. The van der Waals surface area contributed by atoms with Crippen LogP contribution < -0.4 is 16.2 Å². The molecule has 2 aromatic rings. The second-order valence-electron chi connectivity index (χ2n) is 6.21. The molecule has 0 atom stereocenters. The zero-order valence-electron chi connectivity index (χ0n) is 14.2. The molecule has 2 aromatic heterocycles. The molecule has 1 saturated heterocycles. The molecule has 0 aliphatic carbocycles. The summed E-state index contributed by atoms with van der Waals surface area (Å²) < 4.78 is 7.19. The van der Waals surface area contributed by atoms with Crippen LogP contribution >= 0.6 is 0 Å². The number of methoxy groups -OCH3 is 1. The van der Waals surface area contributed by atoms with E-state index in [1.165, 1.54) is 6.07 Å². The highest BCUT2D eigenvalue weighted by atomic mass is 16.5. The van der Waals surface area contributed by atoms with E-state index in [0.717, 1.165) is 30.0 Å². The van der Waals surface area contributed by atoms with Crippen LogP contribution in [-0.4, -0.2) is 46.3 Å². The first kappa shape index (κ1) is 16.7. The minimum atomic E-state index is -0.771. The van der Waals surface area contributed by atoms with Crippen molar-refractivity contribution >= 4 is 11.6 Å². The average molecular weight is 333 g/mol. The van der Waals surface area contributed by atoms with Crippen molar-refractivity contribution in [3.05, 3.63) is 33.4 Å². The molecule has 8 heteroatoms. The Hall–Kier alpha value is -2.19. The van der Waals surface area contributed by atoms with E-state index in [9.17, 15) is 9.59 Å². The maximum Gasteiger partial charge on any atom is 0.266 e. The van der Waals surface area contributed by atoms with Gasteiger partial charge >= 0.3 is 0 Å². The van der Waals surface area contributed by atoms with Gasteiger partial charge in [0.1, 0.15) is 5.60 Å². The van der Waals surface area contributed by atoms with Crippen molar-refractivity contribution in [2.24, 2.45) is 0 Å². The van der Waals surface area contributed by atoms with E-state index in [-0.39, 0.29) is 11.5 Å². The number of fused-ring (bicyclic) bond motifs is 1. The van der Waals surface area contributed by atoms with E-state index in [0.29, 0.717) is 25.0 Å². The summed E-state index contributed by atoms with van der Waals surface area (Å²) >= 11 is 0. The van der Waals surface area contributed by atoms with Gasteiger partial charge in [0, 0.05) is 36.7 Å². The van der Waals surface area contributed by atoms with Gasteiger partial charge in [-0.15, -0.1) is 0 Å². The van der Waals surface area contributed by atoms with Gasteiger partial charge in [0.15, 0.2) is 5.65 Å². The van der Waals surface area contributed by atoms with E-state index in [1.54, 1.807) is 11.6 Å². The molecule has 0 aromatic carbocycles. The lowest BCUT2D eigenvalue weighted by molar-refractivity contribution is -0.146. The summed E-state index contributed by atoms with van der Waals surface area (Å²) in [5, 5.41) is 8.93. The molecule has 1 fully saturated rings. The largest absolute Gasteiger partial charge is 0.368 e. The van der Waals surface area contributed by atoms with Crippen molar-refractivity contribution in [2.45, 2.75) is 38.8 Å². The first-order valence-corrected chi connectivity index (χ1v) is 8.09. The lowest BCUT2D eigenvalue weighted by atomic mass is 9.91. The van der Waals surface area contributed by atoms with Gasteiger partial charge in [-0.1, -0.05) is 0 Å². The molecule has 1 aliphatic rings. The highest BCUT2D eigenvalue weighted by molar-refractivity contribution is 5.85. The number of aromatic amines is 1. The first-order chi connectivity index (χ1) is 11.5. The van der Waals surface area contributed by atoms with E-state index in [4.69, 9.17) is 4.74 Å². The number of piperidine rings is 1. The van der Waals surface area contributed by atoms with Gasteiger partial charge in [-0.2, -0.15) is 0 Å². The lowest BCUT2D eigenvalue weighted by Gasteiger charge is -2.34. The Kier molecular flexibility index (Phi) is 4.42. The zero-order valence-corrected chi connectivity index (χ0v) is 14.2. The monoisotopic (exact) mass is 333 g/mol. The lowest BCUT2D eigenvalue weighted by Crippen LogP contribution is -2.54. The van der Waals surface area contributed by atoms with Gasteiger partial charge in [0.2, 0.25) is 0 Å². The minimum Gasteiger partial charge on any atom is -0.368 e. The molecule has 3 rings (SSSR count). The Morgan fingerprint density at radius 2 is 2.12 bits per heavy atom. The fourth-order valence-electron chi connectivity index (χ4n) is 3.30. The molecule has 3 heterocycles. The van der Waals surface area contributed by atoms with Crippen LogP contribution in [0.15, 0.2) is 10.9 Å². The predicted octanol–water partition coefficient (Wildman–Crippen LogP) is 0.0242. The van der Waals surface area contributed by atoms with Crippen LogP contribution in [-0.2, 0) is 16.1 Å². The van der Waals surface area contributed by atoms with Crippen molar-refractivity contribution in [2.75, 3.05) is 20.2 Å². The third kappa shape index (κ3) is 2.83. The quantitative estimate of drug-likeness (QED) is 0.733. The molecule has 0 unspecified atom stereocenters. The van der Waals surface area contributed by atoms with Crippen molar-refractivity contribution in [3.63, 3.8) is 0 Å². The number of amides is 1. The van der Waals surface area contributed by atoms with E-state index < -0.39 is 5.60 Å². The Balaban J connectivity index is 1.82. The van der Waals surface area contributed by atoms with Crippen LogP contribution in [0.2, 0.25) is 0 Å². The normalized spacial score (nSPS) is 17.1. The van der Waals surface area contributed by atoms with E-state index in [2.05, 4.69) is 20.7 Å². The molecule has 0 saturated carbocycles. The van der Waals surface area contributed by atoms with E-state index in [1.807, 2.05) is 13.8 Å². The van der Waals surface area contributed by atoms with Crippen LogP contribution in [0.3, 0.4) is 0 Å². The van der Waals surface area contributed by atoms with Crippen LogP contribution in [0.25, 0.3) is 5.65 Å². The fraction of sp³-hybridized carbons (Fsp3) is 0.562. The molecule has 8 nitrogen and oxygen atoms in total. The van der Waals surface area contributed by atoms with Gasteiger partial charge in [-0.05, 0) is 39.8 Å². The van der Waals surface area contributed by atoms with Gasteiger partial charge in [-0.3, -0.25) is 14.7 Å². The Morgan fingerprint density at radius 1 is 1.42 bits per heavy atom. The number of ether oxygens (including phenoxy) is 1. The molecule has 0 radical (unpaired) electrons. The van der Waals surface area contributed by atoms with Crippen molar-refractivity contribution < 1.29 is 9.53 Å². The summed E-state index contributed by atoms with van der Waals surface area (Å²) in [6.45, 7) is 5.64. The number of H-pyrrole nitrogens is 1. The summed E-state index contributed by atoms with van der Waals surface area (Å²) in [5.74, 6) is -0.105. The SMILES string of the molecule is COC1(C(=O)NCc2c(C)nc3cc(=O)[nH]n3c2C)CCNCC1. The number of rotatable bonds is 4. The van der Waals surface area contributed by atoms with Crippen LogP contribution in [0.5, 0.6) is 0 Å². The number of nitrogens with zero attached hydrogens (tertiary/aromatic N) is 2. The Morgan fingerprint density at radius 3 is 2.79 bits per heavy atom. The highest BCUT2D eigenvalue weighted by Gasteiger charge is 2.39. The van der Waals surface area contributed by atoms with Gasteiger partial charge in [-0.25, -0.2) is 9.50 Å². The summed E-state index contributed by atoms with van der Waals surface area (Å²) in [4.78, 5) is 28.6. The third-order valence-corrected chi connectivity index (χ3v) is 4.84. The van der Waals surface area contributed by atoms with Crippen LogP contribution in [0.1, 0.15) is 29.8 Å². The molecule has 0 bridgehead atoms. The average Bonchev–Trinajstić information content (AvgIpc) is 2.95. The maximum absolute atomic E-state index is 12.7. The van der Waals surface area contributed by atoms with Gasteiger partial charge < -0.3 is 15.4 Å². The molecular weight excluding hydrogens is 310 g/mol. The Bertz CT molecular complexity index is 817. The molecule has 3 N–H and O–H groups in total.